The van der Waals surface area contributed by atoms with Crippen molar-refractivity contribution in [1.82, 2.24) is 24.6 Å². The van der Waals surface area contributed by atoms with E-state index < -0.39 is 0 Å². The SMILES string of the molecule is Cc1nnc(SCc2c(C(=O)N3CCC(n4ccnc4)CC3)oc3ccccc23)s1. The van der Waals surface area contributed by atoms with E-state index in [-0.39, 0.29) is 5.91 Å². The van der Waals surface area contributed by atoms with Gasteiger partial charge in [0.1, 0.15) is 10.6 Å². The van der Waals surface area contributed by atoms with Gasteiger partial charge in [-0.15, -0.1) is 10.2 Å². The summed E-state index contributed by atoms with van der Waals surface area (Å²) in [6.07, 6.45) is 7.47. The number of carbonyl (C=O) groups excluding carboxylic acids is 1. The lowest BCUT2D eigenvalue weighted by atomic mass is 10.0. The van der Waals surface area contributed by atoms with Crippen LogP contribution in [0.3, 0.4) is 0 Å². The van der Waals surface area contributed by atoms with Crippen molar-refractivity contribution >= 4 is 40.0 Å². The number of rotatable bonds is 5. The lowest BCUT2D eigenvalue weighted by Crippen LogP contribution is -2.39. The third-order valence-electron chi connectivity index (χ3n) is 5.44. The summed E-state index contributed by atoms with van der Waals surface area (Å²) in [6, 6.07) is 8.24. The van der Waals surface area contributed by atoms with Gasteiger partial charge in [-0.05, 0) is 25.8 Å². The Bertz CT molecular complexity index is 1160. The predicted molar refractivity (Wildman–Crippen MR) is 117 cm³/mol. The number of aromatic nitrogens is 4. The smallest absolute Gasteiger partial charge is 0.289 e. The summed E-state index contributed by atoms with van der Waals surface area (Å²) in [5.41, 5.74) is 1.68. The van der Waals surface area contributed by atoms with Crippen molar-refractivity contribution in [2.75, 3.05) is 13.1 Å². The summed E-state index contributed by atoms with van der Waals surface area (Å²) in [7, 11) is 0. The van der Waals surface area contributed by atoms with Crippen LogP contribution in [0.4, 0.5) is 0 Å². The molecule has 0 N–H and O–H groups in total. The predicted octanol–water partition coefficient (Wildman–Crippen LogP) is 4.56. The summed E-state index contributed by atoms with van der Waals surface area (Å²) in [6.45, 7) is 3.36. The average molecular weight is 440 g/mol. The molecule has 30 heavy (non-hydrogen) atoms. The number of hydrogen-bond acceptors (Lipinski definition) is 7. The van der Waals surface area contributed by atoms with Gasteiger partial charge in [0, 0.05) is 48.2 Å². The molecule has 4 heterocycles. The van der Waals surface area contributed by atoms with Gasteiger partial charge >= 0.3 is 0 Å². The number of furan rings is 1. The molecule has 0 saturated carbocycles. The molecule has 1 aliphatic heterocycles. The normalized spacial score (nSPS) is 15.2. The monoisotopic (exact) mass is 439 g/mol. The zero-order chi connectivity index (χ0) is 20.5. The summed E-state index contributed by atoms with van der Waals surface area (Å²) >= 11 is 3.16. The molecule has 1 aliphatic rings. The third-order valence-corrected chi connectivity index (χ3v) is 7.44. The Morgan fingerprint density at radius 3 is 2.83 bits per heavy atom. The van der Waals surface area contributed by atoms with Crippen molar-refractivity contribution < 1.29 is 9.21 Å². The number of hydrogen-bond donors (Lipinski definition) is 0. The number of fused-ring (bicyclic) bond motifs is 1. The number of benzene rings is 1. The van der Waals surface area contributed by atoms with Gasteiger partial charge in [-0.1, -0.05) is 41.3 Å². The van der Waals surface area contributed by atoms with Gasteiger partial charge in [0.25, 0.3) is 5.91 Å². The molecular formula is C21H21N5O2S2. The number of carbonyl (C=O) groups is 1. The minimum Gasteiger partial charge on any atom is -0.451 e. The fourth-order valence-corrected chi connectivity index (χ4v) is 5.72. The van der Waals surface area contributed by atoms with Crippen molar-refractivity contribution in [3.05, 3.63) is 59.3 Å². The number of amides is 1. The van der Waals surface area contributed by atoms with Crippen LogP contribution in [0.2, 0.25) is 0 Å². The van der Waals surface area contributed by atoms with Crippen LogP contribution in [-0.4, -0.2) is 43.6 Å². The first-order valence-electron chi connectivity index (χ1n) is 9.89. The van der Waals surface area contributed by atoms with Crippen LogP contribution < -0.4 is 0 Å². The highest BCUT2D eigenvalue weighted by molar-refractivity contribution is 8.00. The molecule has 0 radical (unpaired) electrons. The van der Waals surface area contributed by atoms with Gasteiger partial charge in [0.05, 0.1) is 6.33 Å². The van der Waals surface area contributed by atoms with Gasteiger partial charge in [-0.25, -0.2) is 4.98 Å². The van der Waals surface area contributed by atoms with E-state index in [1.54, 1.807) is 29.3 Å². The molecule has 7 nitrogen and oxygen atoms in total. The molecule has 0 aliphatic carbocycles. The van der Waals surface area contributed by atoms with Crippen LogP contribution in [0.15, 0.2) is 51.7 Å². The van der Waals surface area contributed by atoms with E-state index in [1.807, 2.05) is 48.6 Å². The molecule has 1 fully saturated rings. The summed E-state index contributed by atoms with van der Waals surface area (Å²) in [4.78, 5) is 19.4. The quantitative estimate of drug-likeness (QED) is 0.424. The van der Waals surface area contributed by atoms with Gasteiger partial charge in [-0.2, -0.15) is 0 Å². The molecule has 0 spiro atoms. The highest BCUT2D eigenvalue weighted by Crippen LogP contribution is 2.34. The third kappa shape index (κ3) is 3.75. The number of likely N-dealkylation sites (tertiary alicyclic amines) is 1. The molecule has 5 rings (SSSR count). The molecule has 0 bridgehead atoms. The molecular weight excluding hydrogens is 418 g/mol. The highest BCUT2D eigenvalue weighted by Gasteiger charge is 2.29. The minimum atomic E-state index is -0.0284. The Labute approximate surface area is 182 Å². The lowest BCUT2D eigenvalue weighted by Gasteiger charge is -2.32. The van der Waals surface area contributed by atoms with Gasteiger partial charge in [-0.3, -0.25) is 4.79 Å². The molecule has 0 unspecified atom stereocenters. The van der Waals surface area contributed by atoms with Crippen LogP contribution in [0, 0.1) is 6.92 Å². The molecule has 1 aromatic carbocycles. The number of thioether (sulfide) groups is 1. The Morgan fingerprint density at radius 1 is 1.27 bits per heavy atom. The molecule has 9 heteroatoms. The number of imidazole rings is 1. The lowest BCUT2D eigenvalue weighted by molar-refractivity contribution is 0.0663. The molecule has 154 valence electrons. The Balaban J connectivity index is 1.37. The molecule has 4 aromatic rings. The number of aryl methyl sites for hydroxylation is 1. The maximum absolute atomic E-state index is 13.4. The van der Waals surface area contributed by atoms with Crippen molar-refractivity contribution in [2.24, 2.45) is 0 Å². The maximum Gasteiger partial charge on any atom is 0.289 e. The van der Waals surface area contributed by atoms with E-state index in [1.165, 1.54) is 0 Å². The minimum absolute atomic E-state index is 0.0284. The zero-order valence-electron chi connectivity index (χ0n) is 16.5. The topological polar surface area (TPSA) is 77.1 Å². The van der Waals surface area contributed by atoms with Crippen molar-refractivity contribution in [3.63, 3.8) is 0 Å². The van der Waals surface area contributed by atoms with E-state index in [9.17, 15) is 4.79 Å². The standard InChI is InChI=1S/C21H21N5O2S2/c1-14-23-24-21(30-14)29-12-17-16-4-2-3-5-18(16)28-19(17)20(27)25-9-6-15(7-10-25)26-11-8-22-13-26/h2-5,8,11,13,15H,6-7,9-10,12H2,1H3. The Morgan fingerprint density at radius 2 is 2.10 bits per heavy atom. The van der Waals surface area contributed by atoms with Gasteiger partial charge in [0.15, 0.2) is 10.1 Å². The van der Waals surface area contributed by atoms with E-state index in [0.29, 0.717) is 30.6 Å². The van der Waals surface area contributed by atoms with E-state index in [0.717, 1.165) is 38.7 Å². The molecule has 3 aromatic heterocycles. The van der Waals surface area contributed by atoms with Crippen LogP contribution in [0.25, 0.3) is 11.0 Å². The van der Waals surface area contributed by atoms with E-state index in [2.05, 4.69) is 19.7 Å². The second kappa shape index (κ2) is 8.23. The van der Waals surface area contributed by atoms with Crippen molar-refractivity contribution in [2.45, 2.75) is 35.9 Å². The largest absolute Gasteiger partial charge is 0.451 e. The fraction of sp³-hybridized carbons (Fsp3) is 0.333. The summed E-state index contributed by atoms with van der Waals surface area (Å²) in [5, 5.41) is 10.2. The maximum atomic E-state index is 13.4. The second-order valence-electron chi connectivity index (χ2n) is 7.31. The number of nitrogens with zero attached hydrogens (tertiary/aromatic N) is 5. The first-order valence-corrected chi connectivity index (χ1v) is 11.7. The Kier molecular flexibility index (Phi) is 5.30. The highest BCUT2D eigenvalue weighted by atomic mass is 32.2. The zero-order valence-corrected chi connectivity index (χ0v) is 18.2. The first kappa shape index (κ1) is 19.3. The van der Waals surface area contributed by atoms with E-state index >= 15 is 0 Å². The van der Waals surface area contributed by atoms with Crippen LogP contribution in [-0.2, 0) is 5.75 Å². The molecule has 0 atom stereocenters. The molecule has 1 saturated heterocycles. The average Bonchev–Trinajstić information content (AvgIpc) is 3.52. The summed E-state index contributed by atoms with van der Waals surface area (Å²) < 4.78 is 9.09. The molecule has 1 amide bonds. The van der Waals surface area contributed by atoms with Crippen LogP contribution >= 0.6 is 23.1 Å². The van der Waals surface area contributed by atoms with Crippen LogP contribution in [0.1, 0.15) is 40.0 Å². The number of para-hydroxylation sites is 1. The van der Waals surface area contributed by atoms with Gasteiger partial charge in [0.2, 0.25) is 0 Å². The van der Waals surface area contributed by atoms with Crippen molar-refractivity contribution in [1.29, 1.82) is 0 Å². The Hall–Kier alpha value is -2.65. The van der Waals surface area contributed by atoms with Crippen molar-refractivity contribution in [3.8, 4) is 0 Å². The first-order chi connectivity index (χ1) is 14.7. The fourth-order valence-electron chi connectivity index (χ4n) is 3.88. The number of piperidine rings is 1. The second-order valence-corrected chi connectivity index (χ2v) is 9.72. The van der Waals surface area contributed by atoms with Gasteiger partial charge < -0.3 is 13.9 Å². The summed E-state index contributed by atoms with van der Waals surface area (Å²) in [5.74, 6) is 1.04. The van der Waals surface area contributed by atoms with Crippen LogP contribution in [0.5, 0.6) is 0 Å². The van der Waals surface area contributed by atoms with E-state index in [4.69, 9.17) is 4.42 Å².